The van der Waals surface area contributed by atoms with Crippen molar-refractivity contribution in [3.63, 3.8) is 0 Å². The topological polar surface area (TPSA) is 52.8 Å². The highest BCUT2D eigenvalue weighted by molar-refractivity contribution is 6.31. The molecule has 3 aromatic carbocycles. The Morgan fingerprint density at radius 1 is 0.929 bits per heavy atom. The average molecular weight is 391 g/mol. The zero-order valence-electron chi connectivity index (χ0n) is 15.4. The van der Waals surface area contributed by atoms with E-state index in [1.54, 1.807) is 4.80 Å². The summed E-state index contributed by atoms with van der Waals surface area (Å²) in [4.78, 5) is 1.54. The van der Waals surface area contributed by atoms with Gasteiger partial charge in [0.1, 0.15) is 12.4 Å². The van der Waals surface area contributed by atoms with Crippen molar-refractivity contribution >= 4 is 11.6 Å². The third-order valence-electron chi connectivity index (χ3n) is 4.36. The molecule has 0 atom stereocenters. The highest BCUT2D eigenvalue weighted by Gasteiger charge is 2.08. The van der Waals surface area contributed by atoms with E-state index in [2.05, 4.69) is 46.6 Å². The van der Waals surface area contributed by atoms with Crippen LogP contribution in [0.5, 0.6) is 5.75 Å². The summed E-state index contributed by atoms with van der Waals surface area (Å²) in [6.45, 7) is 3.08. The lowest BCUT2D eigenvalue weighted by atomic mass is 10.2. The number of aromatic nitrogens is 4. The normalized spacial score (nSPS) is 10.8. The number of nitrogens with zero attached hydrogens (tertiary/aromatic N) is 4. The molecule has 0 fully saturated rings. The van der Waals surface area contributed by atoms with Gasteiger partial charge in [0.2, 0.25) is 5.82 Å². The van der Waals surface area contributed by atoms with E-state index >= 15 is 0 Å². The maximum atomic E-state index is 6.19. The third-order valence-corrected chi connectivity index (χ3v) is 4.73. The molecule has 0 bridgehead atoms. The van der Waals surface area contributed by atoms with Crippen LogP contribution in [-0.2, 0) is 13.2 Å². The van der Waals surface area contributed by atoms with E-state index in [1.165, 1.54) is 5.56 Å². The molecule has 28 heavy (non-hydrogen) atoms. The van der Waals surface area contributed by atoms with Crippen LogP contribution in [0.1, 0.15) is 16.7 Å². The van der Waals surface area contributed by atoms with Crippen molar-refractivity contribution in [3.05, 3.63) is 94.5 Å². The van der Waals surface area contributed by atoms with Crippen LogP contribution in [0.3, 0.4) is 0 Å². The Hall–Kier alpha value is -3.18. The molecule has 140 valence electrons. The van der Waals surface area contributed by atoms with Crippen LogP contribution in [-0.4, -0.2) is 20.2 Å². The second kappa shape index (κ2) is 8.23. The fourth-order valence-electron chi connectivity index (χ4n) is 2.76. The smallest absolute Gasteiger partial charge is 0.204 e. The van der Waals surface area contributed by atoms with Crippen LogP contribution < -0.4 is 4.74 Å². The molecular weight excluding hydrogens is 372 g/mol. The molecule has 0 radical (unpaired) electrons. The van der Waals surface area contributed by atoms with Crippen LogP contribution in [0.25, 0.3) is 11.4 Å². The highest BCUT2D eigenvalue weighted by Crippen LogP contribution is 2.20. The van der Waals surface area contributed by atoms with Crippen LogP contribution >= 0.6 is 11.6 Å². The Balaban J connectivity index is 1.40. The Labute approximate surface area is 168 Å². The van der Waals surface area contributed by atoms with Gasteiger partial charge in [0, 0.05) is 10.6 Å². The van der Waals surface area contributed by atoms with Gasteiger partial charge in [-0.15, -0.1) is 10.2 Å². The van der Waals surface area contributed by atoms with Gasteiger partial charge in [0.05, 0.1) is 6.54 Å². The molecule has 0 aliphatic rings. The lowest BCUT2D eigenvalue weighted by molar-refractivity contribution is 0.306. The van der Waals surface area contributed by atoms with Gasteiger partial charge in [0.25, 0.3) is 0 Å². The molecule has 0 saturated carbocycles. The van der Waals surface area contributed by atoms with E-state index in [0.29, 0.717) is 24.0 Å². The van der Waals surface area contributed by atoms with Crippen LogP contribution in [0, 0.1) is 6.92 Å². The SMILES string of the molecule is Cc1ccc(COc2ccc(-c3nnn(Cc4ccccc4Cl)n3)cc2)cc1. The first-order valence-electron chi connectivity index (χ1n) is 8.97. The minimum atomic E-state index is 0.477. The maximum absolute atomic E-state index is 6.19. The zero-order valence-corrected chi connectivity index (χ0v) is 16.2. The number of tetrazole rings is 1. The molecule has 1 aromatic heterocycles. The van der Waals surface area contributed by atoms with Crippen molar-refractivity contribution in [1.29, 1.82) is 0 Å². The van der Waals surface area contributed by atoms with E-state index in [9.17, 15) is 0 Å². The first-order valence-corrected chi connectivity index (χ1v) is 9.35. The second-order valence-corrected chi connectivity index (χ2v) is 6.94. The summed E-state index contributed by atoms with van der Waals surface area (Å²) in [5, 5.41) is 13.4. The number of halogens is 1. The Bertz CT molecular complexity index is 1060. The summed E-state index contributed by atoms with van der Waals surface area (Å²) in [5.74, 6) is 1.37. The standard InChI is InChI=1S/C22H19ClN4O/c1-16-6-8-17(9-7-16)15-28-20-12-10-18(11-13-20)22-24-26-27(25-22)14-19-4-2-3-5-21(19)23/h2-13H,14-15H2,1H3. The molecule has 5 nitrogen and oxygen atoms in total. The Kier molecular flexibility index (Phi) is 5.35. The molecule has 0 aliphatic heterocycles. The molecule has 0 N–H and O–H groups in total. The molecule has 0 aliphatic carbocycles. The van der Waals surface area contributed by atoms with Gasteiger partial charge in [-0.2, -0.15) is 4.80 Å². The molecule has 0 amide bonds. The van der Waals surface area contributed by atoms with Crippen molar-refractivity contribution in [2.45, 2.75) is 20.1 Å². The lowest BCUT2D eigenvalue weighted by Crippen LogP contribution is -2.04. The molecule has 4 aromatic rings. The van der Waals surface area contributed by atoms with Crippen molar-refractivity contribution < 1.29 is 4.74 Å². The molecule has 0 unspecified atom stereocenters. The zero-order chi connectivity index (χ0) is 19.3. The van der Waals surface area contributed by atoms with Gasteiger partial charge < -0.3 is 4.74 Å². The van der Waals surface area contributed by atoms with Gasteiger partial charge in [-0.1, -0.05) is 59.6 Å². The van der Waals surface area contributed by atoms with Crippen molar-refractivity contribution in [3.8, 4) is 17.1 Å². The number of benzene rings is 3. The number of aryl methyl sites for hydroxylation is 1. The molecular formula is C22H19ClN4O. The van der Waals surface area contributed by atoms with Gasteiger partial charge in [-0.05, 0) is 53.6 Å². The largest absolute Gasteiger partial charge is 0.489 e. The summed E-state index contributed by atoms with van der Waals surface area (Å²) < 4.78 is 5.84. The van der Waals surface area contributed by atoms with Gasteiger partial charge in [-0.25, -0.2) is 0 Å². The number of rotatable bonds is 6. The number of ether oxygens (including phenoxy) is 1. The molecule has 1 heterocycles. The first kappa shape index (κ1) is 18.2. The predicted molar refractivity (Wildman–Crippen MR) is 109 cm³/mol. The average Bonchev–Trinajstić information content (AvgIpc) is 3.18. The quantitative estimate of drug-likeness (QED) is 0.468. The van der Waals surface area contributed by atoms with Crippen LogP contribution in [0.2, 0.25) is 5.02 Å². The van der Waals surface area contributed by atoms with Crippen molar-refractivity contribution in [2.24, 2.45) is 0 Å². The molecule has 4 rings (SSSR count). The summed E-state index contributed by atoms with van der Waals surface area (Å²) in [7, 11) is 0. The summed E-state index contributed by atoms with van der Waals surface area (Å²) in [6.07, 6.45) is 0. The minimum absolute atomic E-state index is 0.477. The Morgan fingerprint density at radius 3 is 2.43 bits per heavy atom. The molecule has 0 saturated heterocycles. The molecule has 0 spiro atoms. The summed E-state index contributed by atoms with van der Waals surface area (Å²) in [5.41, 5.74) is 4.21. The number of hydrogen-bond acceptors (Lipinski definition) is 4. The first-order chi connectivity index (χ1) is 13.7. The van der Waals surface area contributed by atoms with Gasteiger partial charge >= 0.3 is 0 Å². The van der Waals surface area contributed by atoms with E-state index in [-0.39, 0.29) is 0 Å². The van der Waals surface area contributed by atoms with Gasteiger partial charge in [0.15, 0.2) is 0 Å². The van der Waals surface area contributed by atoms with E-state index < -0.39 is 0 Å². The van der Waals surface area contributed by atoms with E-state index in [1.807, 2.05) is 48.5 Å². The summed E-state index contributed by atoms with van der Waals surface area (Å²) >= 11 is 6.19. The van der Waals surface area contributed by atoms with Crippen molar-refractivity contribution in [1.82, 2.24) is 20.2 Å². The second-order valence-electron chi connectivity index (χ2n) is 6.53. The van der Waals surface area contributed by atoms with Crippen LogP contribution in [0.4, 0.5) is 0 Å². The van der Waals surface area contributed by atoms with Gasteiger partial charge in [-0.3, -0.25) is 0 Å². The lowest BCUT2D eigenvalue weighted by Gasteiger charge is -2.07. The highest BCUT2D eigenvalue weighted by atomic mass is 35.5. The fraction of sp³-hybridized carbons (Fsp3) is 0.136. The number of hydrogen-bond donors (Lipinski definition) is 0. The minimum Gasteiger partial charge on any atom is -0.489 e. The predicted octanol–water partition coefficient (Wildman–Crippen LogP) is 4.93. The third kappa shape index (κ3) is 4.38. The fourth-order valence-corrected chi connectivity index (χ4v) is 2.95. The molecule has 6 heteroatoms. The van der Waals surface area contributed by atoms with E-state index in [0.717, 1.165) is 22.4 Å². The Morgan fingerprint density at radius 2 is 1.68 bits per heavy atom. The van der Waals surface area contributed by atoms with E-state index in [4.69, 9.17) is 16.3 Å². The maximum Gasteiger partial charge on any atom is 0.204 e. The van der Waals surface area contributed by atoms with Crippen LogP contribution in [0.15, 0.2) is 72.8 Å². The van der Waals surface area contributed by atoms with Crippen molar-refractivity contribution in [2.75, 3.05) is 0 Å². The summed E-state index contributed by atoms with van der Waals surface area (Å²) in [6, 6.07) is 23.6. The monoisotopic (exact) mass is 390 g/mol.